The minimum atomic E-state index is -2.85. The third-order valence-electron chi connectivity index (χ3n) is 3.03. The molecule has 0 fully saturated rings. The van der Waals surface area contributed by atoms with Crippen molar-refractivity contribution < 1.29 is 18.6 Å². The number of aliphatic hydroxyl groups excluding tert-OH is 1. The van der Waals surface area contributed by atoms with Crippen LogP contribution in [0.4, 0.5) is 8.78 Å². The van der Waals surface area contributed by atoms with Gasteiger partial charge >= 0.3 is 6.61 Å². The number of halogens is 2. The first kappa shape index (κ1) is 15.4. The second-order valence-electron chi connectivity index (χ2n) is 4.54. The van der Waals surface area contributed by atoms with Crippen molar-refractivity contribution in [1.29, 1.82) is 0 Å². The molecule has 0 aliphatic heterocycles. The van der Waals surface area contributed by atoms with E-state index >= 15 is 0 Å². The first-order chi connectivity index (χ1) is 10.2. The highest BCUT2D eigenvalue weighted by Gasteiger charge is 2.10. The molecule has 0 spiro atoms. The summed E-state index contributed by atoms with van der Waals surface area (Å²) in [5.41, 5.74) is 1.43. The molecule has 0 aliphatic carbocycles. The zero-order valence-electron chi connectivity index (χ0n) is 11.4. The van der Waals surface area contributed by atoms with Gasteiger partial charge in [-0.1, -0.05) is 48.5 Å². The Hall–Kier alpha value is -1.98. The van der Waals surface area contributed by atoms with Crippen LogP contribution in [0.2, 0.25) is 0 Å². The summed E-state index contributed by atoms with van der Waals surface area (Å²) in [5.74, 6) is 0.147. The average molecular weight is 293 g/mol. The van der Waals surface area contributed by atoms with Gasteiger partial charge in [-0.05, 0) is 11.6 Å². The van der Waals surface area contributed by atoms with E-state index in [1.807, 2.05) is 30.3 Å². The number of rotatable bonds is 7. The Bertz CT molecular complexity index is 549. The van der Waals surface area contributed by atoms with Crippen molar-refractivity contribution in [3.05, 3.63) is 65.7 Å². The van der Waals surface area contributed by atoms with Crippen LogP contribution >= 0.6 is 0 Å². The topological polar surface area (TPSA) is 41.5 Å². The van der Waals surface area contributed by atoms with Gasteiger partial charge in [-0.2, -0.15) is 8.78 Å². The van der Waals surface area contributed by atoms with Crippen LogP contribution in [0.25, 0.3) is 0 Å². The van der Waals surface area contributed by atoms with Crippen molar-refractivity contribution in [3.63, 3.8) is 0 Å². The monoisotopic (exact) mass is 293 g/mol. The molecule has 1 unspecified atom stereocenters. The molecule has 3 nitrogen and oxygen atoms in total. The molecule has 0 saturated heterocycles. The molecule has 0 aromatic heterocycles. The van der Waals surface area contributed by atoms with Crippen LogP contribution in [0.1, 0.15) is 17.2 Å². The second kappa shape index (κ2) is 7.71. The largest absolute Gasteiger partial charge is 0.434 e. The van der Waals surface area contributed by atoms with Crippen LogP contribution in [0, 0.1) is 0 Å². The number of hydrogen-bond acceptors (Lipinski definition) is 3. The smallest absolute Gasteiger partial charge is 0.387 e. The molecule has 5 heteroatoms. The van der Waals surface area contributed by atoms with Crippen LogP contribution < -0.4 is 10.1 Å². The SMILES string of the molecule is OC(CNCc1ccccc1OC(F)F)c1ccccc1. The Balaban J connectivity index is 1.89. The van der Waals surface area contributed by atoms with E-state index in [9.17, 15) is 13.9 Å². The molecule has 0 heterocycles. The standard InChI is InChI=1S/C16H17F2NO2/c17-16(18)21-15-9-5-4-8-13(15)10-19-11-14(20)12-6-2-1-3-7-12/h1-9,14,16,19-20H,10-11H2. The predicted octanol–water partition coefficient (Wildman–Crippen LogP) is 3.11. The summed E-state index contributed by atoms with van der Waals surface area (Å²) in [6.45, 7) is -2.18. The van der Waals surface area contributed by atoms with Gasteiger partial charge in [0.25, 0.3) is 0 Å². The van der Waals surface area contributed by atoms with E-state index in [4.69, 9.17) is 0 Å². The van der Waals surface area contributed by atoms with Crippen LogP contribution in [0.5, 0.6) is 5.75 Å². The molecule has 0 aliphatic rings. The third-order valence-corrected chi connectivity index (χ3v) is 3.03. The molecule has 0 saturated carbocycles. The van der Waals surface area contributed by atoms with E-state index in [1.165, 1.54) is 6.07 Å². The number of para-hydroxylation sites is 1. The van der Waals surface area contributed by atoms with Gasteiger partial charge < -0.3 is 15.2 Å². The van der Waals surface area contributed by atoms with Crippen molar-refractivity contribution in [2.45, 2.75) is 19.3 Å². The number of aliphatic hydroxyl groups is 1. The van der Waals surface area contributed by atoms with E-state index in [-0.39, 0.29) is 5.75 Å². The quantitative estimate of drug-likeness (QED) is 0.824. The molecule has 112 valence electrons. The maximum absolute atomic E-state index is 12.3. The molecule has 2 rings (SSSR count). The van der Waals surface area contributed by atoms with E-state index in [0.717, 1.165) is 5.56 Å². The Morgan fingerprint density at radius 2 is 1.67 bits per heavy atom. The van der Waals surface area contributed by atoms with Crippen LogP contribution in [0.15, 0.2) is 54.6 Å². The fourth-order valence-electron chi connectivity index (χ4n) is 2.00. The molecule has 2 aromatic carbocycles. The molecular formula is C16H17F2NO2. The Morgan fingerprint density at radius 3 is 2.38 bits per heavy atom. The molecule has 0 bridgehead atoms. The predicted molar refractivity (Wildman–Crippen MR) is 76.2 cm³/mol. The summed E-state index contributed by atoms with van der Waals surface area (Å²) in [7, 11) is 0. The maximum Gasteiger partial charge on any atom is 0.387 e. The Morgan fingerprint density at radius 1 is 1.00 bits per heavy atom. The van der Waals surface area contributed by atoms with Gasteiger partial charge in [-0.25, -0.2) is 0 Å². The van der Waals surface area contributed by atoms with Gasteiger partial charge in [-0.15, -0.1) is 0 Å². The number of nitrogens with one attached hydrogen (secondary N) is 1. The fraction of sp³-hybridized carbons (Fsp3) is 0.250. The number of hydrogen-bond donors (Lipinski definition) is 2. The lowest BCUT2D eigenvalue weighted by molar-refractivity contribution is -0.0505. The fourth-order valence-corrected chi connectivity index (χ4v) is 2.00. The second-order valence-corrected chi connectivity index (χ2v) is 4.54. The summed E-state index contributed by atoms with van der Waals surface area (Å²) in [4.78, 5) is 0. The zero-order valence-corrected chi connectivity index (χ0v) is 11.4. The highest BCUT2D eigenvalue weighted by Crippen LogP contribution is 2.20. The van der Waals surface area contributed by atoms with Crippen LogP contribution in [0.3, 0.4) is 0 Å². The van der Waals surface area contributed by atoms with E-state index in [0.29, 0.717) is 18.7 Å². The number of ether oxygens (including phenoxy) is 1. The van der Waals surface area contributed by atoms with Crippen LogP contribution in [-0.4, -0.2) is 18.3 Å². The number of benzene rings is 2. The van der Waals surface area contributed by atoms with Gasteiger partial charge in [0, 0.05) is 18.7 Å². The van der Waals surface area contributed by atoms with Gasteiger partial charge in [0.1, 0.15) is 5.75 Å². The Kier molecular flexibility index (Phi) is 5.66. The molecular weight excluding hydrogens is 276 g/mol. The Labute approximate surface area is 122 Å². The lowest BCUT2D eigenvalue weighted by Crippen LogP contribution is -2.21. The normalized spacial score (nSPS) is 12.4. The zero-order chi connectivity index (χ0) is 15.1. The van der Waals surface area contributed by atoms with Gasteiger partial charge in [0.05, 0.1) is 6.10 Å². The molecule has 1 atom stereocenters. The summed E-state index contributed by atoms with van der Waals surface area (Å²) >= 11 is 0. The van der Waals surface area contributed by atoms with Crippen LogP contribution in [-0.2, 0) is 6.54 Å². The first-order valence-corrected chi connectivity index (χ1v) is 6.63. The summed E-state index contributed by atoms with van der Waals surface area (Å²) in [5, 5.41) is 13.0. The molecule has 2 N–H and O–H groups in total. The van der Waals surface area contributed by atoms with Crippen molar-refractivity contribution in [2.75, 3.05) is 6.54 Å². The molecule has 0 amide bonds. The molecule has 0 radical (unpaired) electrons. The summed E-state index contributed by atoms with van der Waals surface area (Å²) < 4.78 is 29.0. The highest BCUT2D eigenvalue weighted by molar-refractivity contribution is 5.33. The van der Waals surface area contributed by atoms with Gasteiger partial charge in [0.2, 0.25) is 0 Å². The molecule has 21 heavy (non-hydrogen) atoms. The lowest BCUT2D eigenvalue weighted by Gasteiger charge is -2.14. The average Bonchev–Trinajstić information content (AvgIpc) is 2.49. The summed E-state index contributed by atoms with van der Waals surface area (Å²) in [6, 6.07) is 15.8. The minimum Gasteiger partial charge on any atom is -0.434 e. The van der Waals surface area contributed by atoms with Gasteiger partial charge in [-0.3, -0.25) is 0 Å². The van der Waals surface area contributed by atoms with E-state index < -0.39 is 12.7 Å². The molecule has 2 aromatic rings. The van der Waals surface area contributed by atoms with E-state index in [1.54, 1.807) is 18.2 Å². The summed E-state index contributed by atoms with van der Waals surface area (Å²) in [6.07, 6.45) is -0.644. The van der Waals surface area contributed by atoms with Crippen molar-refractivity contribution in [2.24, 2.45) is 0 Å². The highest BCUT2D eigenvalue weighted by atomic mass is 19.3. The van der Waals surface area contributed by atoms with Crippen molar-refractivity contribution in [1.82, 2.24) is 5.32 Å². The minimum absolute atomic E-state index is 0.147. The lowest BCUT2D eigenvalue weighted by atomic mass is 10.1. The van der Waals surface area contributed by atoms with Crippen molar-refractivity contribution in [3.8, 4) is 5.75 Å². The van der Waals surface area contributed by atoms with Gasteiger partial charge in [0.15, 0.2) is 0 Å². The maximum atomic E-state index is 12.3. The third kappa shape index (κ3) is 4.81. The number of alkyl halides is 2. The van der Waals surface area contributed by atoms with Crippen molar-refractivity contribution >= 4 is 0 Å². The van der Waals surface area contributed by atoms with E-state index in [2.05, 4.69) is 10.1 Å². The first-order valence-electron chi connectivity index (χ1n) is 6.63.